The lowest BCUT2D eigenvalue weighted by Crippen LogP contribution is -1.80. The second-order valence-electron chi connectivity index (χ2n) is 2.32. The quantitative estimate of drug-likeness (QED) is 0.528. The third kappa shape index (κ3) is 2.02. The van der Waals surface area contributed by atoms with E-state index in [-0.39, 0.29) is 5.78 Å². The van der Waals surface area contributed by atoms with Crippen LogP contribution in [-0.4, -0.2) is 5.78 Å². The number of hydrogen-bond acceptors (Lipinski definition) is 1. The van der Waals surface area contributed by atoms with Crippen LogP contribution < -0.4 is 0 Å². The lowest BCUT2D eigenvalue weighted by Gasteiger charge is -1.87. The van der Waals surface area contributed by atoms with Gasteiger partial charge in [0.15, 0.2) is 5.78 Å². The Kier molecular flexibility index (Phi) is 2.21. The van der Waals surface area contributed by atoms with E-state index < -0.39 is 0 Å². The van der Waals surface area contributed by atoms with Crippen LogP contribution >= 0.6 is 0 Å². The van der Waals surface area contributed by atoms with Crippen molar-refractivity contribution in [3.05, 3.63) is 36.0 Å². The molecule has 1 aliphatic carbocycles. The maximum Gasteiger partial charge on any atom is 0.152 e. The molecular formula is C9H10O. The van der Waals surface area contributed by atoms with Gasteiger partial charge < -0.3 is 0 Å². The monoisotopic (exact) mass is 134 g/mol. The van der Waals surface area contributed by atoms with E-state index in [4.69, 9.17) is 0 Å². The van der Waals surface area contributed by atoms with Gasteiger partial charge in [-0.05, 0) is 25.0 Å². The third-order valence-corrected chi connectivity index (χ3v) is 1.33. The molecule has 0 spiro atoms. The Morgan fingerprint density at radius 2 is 2.50 bits per heavy atom. The summed E-state index contributed by atoms with van der Waals surface area (Å²) in [5.74, 6) is 0.104. The molecule has 0 unspecified atom stereocenters. The van der Waals surface area contributed by atoms with Gasteiger partial charge in [0.05, 0.1) is 0 Å². The normalized spacial score (nSPS) is 16.3. The summed E-state index contributed by atoms with van der Waals surface area (Å²) in [6, 6.07) is 0. The van der Waals surface area contributed by atoms with E-state index in [0.29, 0.717) is 0 Å². The van der Waals surface area contributed by atoms with Crippen molar-refractivity contribution in [1.29, 1.82) is 0 Å². The van der Waals surface area contributed by atoms with Crippen molar-refractivity contribution < 1.29 is 4.79 Å². The second kappa shape index (κ2) is 3.16. The minimum absolute atomic E-state index is 0.104. The van der Waals surface area contributed by atoms with E-state index in [2.05, 4.69) is 6.08 Å². The first kappa shape index (κ1) is 7.00. The van der Waals surface area contributed by atoms with Gasteiger partial charge in [-0.25, -0.2) is 0 Å². The summed E-state index contributed by atoms with van der Waals surface area (Å²) in [6.45, 7) is 1.56. The van der Waals surface area contributed by atoms with Gasteiger partial charge in [-0.1, -0.05) is 24.3 Å². The van der Waals surface area contributed by atoms with Crippen LogP contribution in [0.15, 0.2) is 36.0 Å². The van der Waals surface area contributed by atoms with E-state index in [1.165, 1.54) is 5.57 Å². The highest BCUT2D eigenvalue weighted by Crippen LogP contribution is 2.10. The number of rotatable bonds is 2. The number of ketones is 1. The first-order valence-electron chi connectivity index (χ1n) is 3.33. The van der Waals surface area contributed by atoms with Gasteiger partial charge in [-0.15, -0.1) is 0 Å². The smallest absolute Gasteiger partial charge is 0.152 e. The summed E-state index contributed by atoms with van der Waals surface area (Å²) >= 11 is 0. The molecule has 0 aromatic rings. The lowest BCUT2D eigenvalue weighted by atomic mass is 10.2. The van der Waals surface area contributed by atoms with Gasteiger partial charge in [0.25, 0.3) is 0 Å². The lowest BCUT2D eigenvalue weighted by molar-refractivity contribution is -0.112. The summed E-state index contributed by atoms with van der Waals surface area (Å²) < 4.78 is 0. The highest BCUT2D eigenvalue weighted by atomic mass is 16.1. The average Bonchev–Trinajstić information content (AvgIpc) is 2.34. The van der Waals surface area contributed by atoms with Crippen LogP contribution in [0, 0.1) is 0 Å². The Morgan fingerprint density at radius 3 is 3.00 bits per heavy atom. The van der Waals surface area contributed by atoms with Crippen LogP contribution in [0.3, 0.4) is 0 Å². The Morgan fingerprint density at radius 1 is 1.70 bits per heavy atom. The molecular weight excluding hydrogens is 124 g/mol. The van der Waals surface area contributed by atoms with Gasteiger partial charge in [-0.2, -0.15) is 0 Å². The Balaban J connectivity index is 2.47. The molecule has 0 atom stereocenters. The minimum Gasteiger partial charge on any atom is -0.295 e. The molecule has 0 bridgehead atoms. The van der Waals surface area contributed by atoms with E-state index in [9.17, 15) is 4.79 Å². The van der Waals surface area contributed by atoms with Crippen molar-refractivity contribution in [3.8, 4) is 0 Å². The number of hydrogen-bond donors (Lipinski definition) is 0. The van der Waals surface area contributed by atoms with E-state index >= 15 is 0 Å². The molecule has 0 saturated heterocycles. The standard InChI is InChI=1S/C9H10O/c1-8(10)6-7-9-4-2-3-5-9/h2-4,6-7H,5H2,1H3. The number of allylic oxidation sites excluding steroid dienone is 6. The Labute approximate surface area is 60.7 Å². The van der Waals surface area contributed by atoms with Gasteiger partial charge in [0.1, 0.15) is 0 Å². The Hall–Kier alpha value is -1.11. The fraction of sp³-hybridized carbons (Fsp3) is 0.222. The summed E-state index contributed by atoms with van der Waals surface area (Å²) in [5, 5.41) is 0. The van der Waals surface area contributed by atoms with Gasteiger partial charge in [0, 0.05) is 0 Å². The zero-order valence-electron chi connectivity index (χ0n) is 6.00. The summed E-state index contributed by atoms with van der Waals surface area (Å²) in [5.41, 5.74) is 1.20. The van der Waals surface area contributed by atoms with Crippen molar-refractivity contribution in [2.75, 3.05) is 0 Å². The first-order valence-corrected chi connectivity index (χ1v) is 3.33. The molecule has 1 rings (SSSR count). The molecule has 0 aromatic heterocycles. The predicted molar refractivity (Wildman–Crippen MR) is 41.7 cm³/mol. The zero-order chi connectivity index (χ0) is 7.40. The molecule has 0 amide bonds. The number of carbonyl (C=O) groups excluding carboxylic acids is 1. The van der Waals surface area contributed by atoms with Crippen molar-refractivity contribution in [1.82, 2.24) is 0 Å². The maximum absolute atomic E-state index is 10.5. The number of carbonyl (C=O) groups is 1. The van der Waals surface area contributed by atoms with Crippen LogP contribution in [-0.2, 0) is 4.79 Å². The first-order chi connectivity index (χ1) is 4.79. The van der Waals surface area contributed by atoms with Crippen LogP contribution in [0.5, 0.6) is 0 Å². The molecule has 1 aliphatic rings. The fourth-order valence-electron chi connectivity index (χ4n) is 0.812. The molecule has 52 valence electrons. The molecule has 0 N–H and O–H groups in total. The summed E-state index contributed by atoms with van der Waals surface area (Å²) in [7, 11) is 0. The van der Waals surface area contributed by atoms with Crippen molar-refractivity contribution in [3.63, 3.8) is 0 Å². The van der Waals surface area contributed by atoms with Gasteiger partial charge in [-0.3, -0.25) is 4.79 Å². The molecule has 10 heavy (non-hydrogen) atoms. The van der Waals surface area contributed by atoms with Crippen molar-refractivity contribution in [2.45, 2.75) is 13.3 Å². The molecule has 0 saturated carbocycles. The maximum atomic E-state index is 10.5. The molecule has 0 heterocycles. The SMILES string of the molecule is CC(=O)C=CC1=CC=CC1. The minimum atomic E-state index is 0.104. The van der Waals surface area contributed by atoms with E-state index in [1.807, 2.05) is 18.2 Å². The fourth-order valence-corrected chi connectivity index (χ4v) is 0.812. The molecule has 0 aliphatic heterocycles. The largest absolute Gasteiger partial charge is 0.295 e. The van der Waals surface area contributed by atoms with Crippen LogP contribution in [0.25, 0.3) is 0 Å². The van der Waals surface area contributed by atoms with Crippen molar-refractivity contribution >= 4 is 5.78 Å². The highest BCUT2D eigenvalue weighted by Gasteiger charge is 1.92. The van der Waals surface area contributed by atoms with E-state index in [1.54, 1.807) is 13.0 Å². The average molecular weight is 134 g/mol. The molecule has 0 fully saturated rings. The molecule has 1 heteroatoms. The van der Waals surface area contributed by atoms with Gasteiger partial charge >= 0.3 is 0 Å². The Bertz CT molecular complexity index is 219. The van der Waals surface area contributed by atoms with Crippen molar-refractivity contribution in [2.24, 2.45) is 0 Å². The second-order valence-corrected chi connectivity index (χ2v) is 2.32. The highest BCUT2D eigenvalue weighted by molar-refractivity contribution is 5.87. The topological polar surface area (TPSA) is 17.1 Å². The molecule has 1 nitrogen and oxygen atoms in total. The zero-order valence-corrected chi connectivity index (χ0v) is 6.00. The van der Waals surface area contributed by atoms with E-state index in [0.717, 1.165) is 6.42 Å². The van der Waals surface area contributed by atoms with Crippen LogP contribution in [0.2, 0.25) is 0 Å². The summed E-state index contributed by atoms with van der Waals surface area (Å²) in [6.07, 6.45) is 10.5. The third-order valence-electron chi connectivity index (χ3n) is 1.33. The summed E-state index contributed by atoms with van der Waals surface area (Å²) in [4.78, 5) is 10.5. The van der Waals surface area contributed by atoms with Crippen LogP contribution in [0.1, 0.15) is 13.3 Å². The predicted octanol–water partition coefficient (Wildman–Crippen LogP) is 2.02. The molecule has 0 aromatic carbocycles. The van der Waals surface area contributed by atoms with Gasteiger partial charge in [0.2, 0.25) is 0 Å². The molecule has 0 radical (unpaired) electrons. The van der Waals surface area contributed by atoms with Crippen LogP contribution in [0.4, 0.5) is 0 Å².